The van der Waals surface area contributed by atoms with Gasteiger partial charge in [0.1, 0.15) is 0 Å². The fraction of sp³-hybridized carbons (Fsp3) is 0.650. The van der Waals surface area contributed by atoms with Crippen LogP contribution in [-0.2, 0) is 13.1 Å². The first-order valence-electron chi connectivity index (χ1n) is 9.89. The van der Waals surface area contributed by atoms with Crippen molar-refractivity contribution in [1.29, 1.82) is 0 Å². The second-order valence-electron chi connectivity index (χ2n) is 7.18. The molecule has 28 heavy (non-hydrogen) atoms. The molecule has 1 unspecified atom stereocenters. The SMILES string of the molecule is CCN(CC)Cc1ccc(CNC(=NC)NC2CCN(CC(F)(F)F)C2)cc1. The van der Waals surface area contributed by atoms with Gasteiger partial charge in [-0.1, -0.05) is 38.1 Å². The van der Waals surface area contributed by atoms with Gasteiger partial charge in [-0.2, -0.15) is 13.2 Å². The molecule has 1 saturated heterocycles. The molecule has 0 saturated carbocycles. The first kappa shape index (κ1) is 22.5. The van der Waals surface area contributed by atoms with Crippen molar-refractivity contribution in [3.63, 3.8) is 0 Å². The molecule has 0 spiro atoms. The van der Waals surface area contributed by atoms with Gasteiger partial charge in [-0.05, 0) is 30.6 Å². The summed E-state index contributed by atoms with van der Waals surface area (Å²) in [5, 5.41) is 6.47. The lowest BCUT2D eigenvalue weighted by molar-refractivity contribution is -0.143. The molecule has 158 valence electrons. The molecule has 0 amide bonds. The van der Waals surface area contributed by atoms with Gasteiger partial charge in [-0.3, -0.25) is 14.8 Å². The Hall–Kier alpha value is -1.80. The second kappa shape index (κ2) is 10.7. The first-order valence-corrected chi connectivity index (χ1v) is 9.89. The molecule has 1 heterocycles. The van der Waals surface area contributed by atoms with Gasteiger partial charge in [0.15, 0.2) is 5.96 Å². The minimum atomic E-state index is -4.15. The summed E-state index contributed by atoms with van der Waals surface area (Å²) < 4.78 is 37.5. The minimum absolute atomic E-state index is 0.0232. The zero-order chi connectivity index (χ0) is 20.6. The van der Waals surface area contributed by atoms with Gasteiger partial charge in [-0.25, -0.2) is 0 Å². The highest BCUT2D eigenvalue weighted by atomic mass is 19.4. The standard InChI is InChI=1S/C20H32F3N5/c1-4-27(5-2)13-17-8-6-16(7-9-17)12-25-19(24-3)26-18-10-11-28(14-18)15-20(21,22)23/h6-9,18H,4-5,10-15H2,1-3H3,(H2,24,25,26). The van der Waals surface area contributed by atoms with Crippen LogP contribution in [-0.4, -0.2) is 67.7 Å². The molecule has 1 aliphatic heterocycles. The van der Waals surface area contributed by atoms with Gasteiger partial charge in [0.05, 0.1) is 6.54 Å². The van der Waals surface area contributed by atoms with Gasteiger partial charge >= 0.3 is 6.18 Å². The maximum absolute atomic E-state index is 12.5. The summed E-state index contributed by atoms with van der Waals surface area (Å²) in [6, 6.07) is 8.44. The van der Waals surface area contributed by atoms with Gasteiger partial charge in [-0.15, -0.1) is 0 Å². The number of nitrogens with one attached hydrogen (secondary N) is 2. The zero-order valence-corrected chi connectivity index (χ0v) is 17.0. The van der Waals surface area contributed by atoms with Crippen LogP contribution in [0.3, 0.4) is 0 Å². The van der Waals surface area contributed by atoms with E-state index in [2.05, 4.69) is 58.6 Å². The van der Waals surface area contributed by atoms with Crippen LogP contribution in [0.4, 0.5) is 13.2 Å². The third kappa shape index (κ3) is 7.67. The molecule has 5 nitrogen and oxygen atoms in total. The fourth-order valence-corrected chi connectivity index (χ4v) is 3.39. The van der Waals surface area contributed by atoms with Gasteiger partial charge < -0.3 is 10.6 Å². The number of alkyl halides is 3. The molecule has 1 atom stereocenters. The monoisotopic (exact) mass is 399 g/mol. The molecular weight excluding hydrogens is 367 g/mol. The summed E-state index contributed by atoms with van der Waals surface area (Å²) in [5.74, 6) is 0.617. The maximum Gasteiger partial charge on any atom is 0.401 e. The highest BCUT2D eigenvalue weighted by molar-refractivity contribution is 5.80. The number of aliphatic imine (C=N–C) groups is 1. The average molecular weight is 400 g/mol. The summed E-state index contributed by atoms with van der Waals surface area (Å²) in [5.41, 5.74) is 2.42. The number of halogens is 3. The van der Waals surface area contributed by atoms with Gasteiger partial charge in [0.2, 0.25) is 0 Å². The number of guanidine groups is 1. The van der Waals surface area contributed by atoms with Crippen LogP contribution in [0.2, 0.25) is 0 Å². The predicted octanol–water partition coefficient (Wildman–Crippen LogP) is 2.83. The van der Waals surface area contributed by atoms with E-state index < -0.39 is 12.7 Å². The molecule has 0 radical (unpaired) electrons. The smallest absolute Gasteiger partial charge is 0.352 e. The van der Waals surface area contributed by atoms with E-state index in [1.165, 1.54) is 10.5 Å². The lowest BCUT2D eigenvalue weighted by atomic mass is 10.1. The number of nitrogens with zero attached hydrogens (tertiary/aromatic N) is 3. The van der Waals surface area contributed by atoms with Gasteiger partial charge in [0.25, 0.3) is 0 Å². The van der Waals surface area contributed by atoms with Gasteiger partial charge in [0, 0.05) is 39.3 Å². The quantitative estimate of drug-likeness (QED) is 0.521. The lowest BCUT2D eigenvalue weighted by Crippen LogP contribution is -2.44. The van der Waals surface area contributed by atoms with E-state index in [0.29, 0.717) is 32.0 Å². The topological polar surface area (TPSA) is 42.9 Å². The van der Waals surface area contributed by atoms with Crippen molar-refractivity contribution >= 4 is 5.96 Å². The van der Waals surface area contributed by atoms with Crippen LogP contribution < -0.4 is 10.6 Å². The summed E-state index contributed by atoms with van der Waals surface area (Å²) in [7, 11) is 1.67. The molecule has 0 bridgehead atoms. The summed E-state index contributed by atoms with van der Waals surface area (Å²) in [6.45, 7) is 7.91. The lowest BCUT2D eigenvalue weighted by Gasteiger charge is -2.20. The number of likely N-dealkylation sites (tertiary alicyclic amines) is 1. The van der Waals surface area contributed by atoms with Crippen molar-refractivity contribution in [2.45, 2.75) is 45.6 Å². The van der Waals surface area contributed by atoms with Crippen LogP contribution in [0.5, 0.6) is 0 Å². The van der Waals surface area contributed by atoms with E-state index in [4.69, 9.17) is 0 Å². The van der Waals surface area contributed by atoms with Crippen molar-refractivity contribution in [3.05, 3.63) is 35.4 Å². The highest BCUT2D eigenvalue weighted by Gasteiger charge is 2.34. The van der Waals surface area contributed by atoms with Crippen LogP contribution in [0.1, 0.15) is 31.4 Å². The highest BCUT2D eigenvalue weighted by Crippen LogP contribution is 2.19. The molecule has 2 N–H and O–H groups in total. The summed E-state index contributed by atoms with van der Waals surface area (Å²) >= 11 is 0. The van der Waals surface area contributed by atoms with E-state index in [1.54, 1.807) is 7.05 Å². The maximum atomic E-state index is 12.5. The van der Waals surface area contributed by atoms with Crippen LogP contribution in [0.15, 0.2) is 29.3 Å². The van der Waals surface area contributed by atoms with Crippen molar-refractivity contribution < 1.29 is 13.2 Å². The molecule has 2 rings (SSSR count). The van der Waals surface area contributed by atoms with Crippen LogP contribution in [0.25, 0.3) is 0 Å². The normalized spacial score (nSPS) is 18.7. The largest absolute Gasteiger partial charge is 0.401 e. The molecule has 0 aromatic heterocycles. The van der Waals surface area contributed by atoms with Crippen molar-refractivity contribution in [1.82, 2.24) is 20.4 Å². The Morgan fingerprint density at radius 1 is 1.18 bits per heavy atom. The molecule has 1 fully saturated rings. The molecule has 1 aromatic carbocycles. The summed E-state index contributed by atoms with van der Waals surface area (Å²) in [6.07, 6.45) is -3.47. The van der Waals surface area contributed by atoms with Crippen molar-refractivity contribution in [3.8, 4) is 0 Å². The number of rotatable bonds is 8. The van der Waals surface area contributed by atoms with E-state index >= 15 is 0 Å². The zero-order valence-electron chi connectivity index (χ0n) is 17.0. The average Bonchev–Trinajstić information content (AvgIpc) is 3.09. The number of hydrogen-bond acceptors (Lipinski definition) is 3. The Morgan fingerprint density at radius 2 is 1.82 bits per heavy atom. The second-order valence-corrected chi connectivity index (χ2v) is 7.18. The third-order valence-corrected chi connectivity index (χ3v) is 5.02. The molecular formula is C20H32F3N5. The Bertz CT molecular complexity index is 611. The Balaban J connectivity index is 1.78. The molecule has 0 aliphatic carbocycles. The van der Waals surface area contributed by atoms with E-state index in [0.717, 1.165) is 25.2 Å². The third-order valence-electron chi connectivity index (χ3n) is 5.02. The summed E-state index contributed by atoms with van der Waals surface area (Å²) in [4.78, 5) is 7.99. The van der Waals surface area contributed by atoms with Crippen LogP contribution >= 0.6 is 0 Å². The van der Waals surface area contributed by atoms with E-state index in [-0.39, 0.29) is 6.04 Å². The first-order chi connectivity index (χ1) is 13.3. The molecule has 1 aliphatic rings. The molecule has 8 heteroatoms. The minimum Gasteiger partial charge on any atom is -0.352 e. The fourth-order valence-electron chi connectivity index (χ4n) is 3.39. The number of benzene rings is 1. The van der Waals surface area contributed by atoms with Crippen molar-refractivity contribution in [2.75, 3.05) is 39.8 Å². The Kier molecular flexibility index (Phi) is 8.57. The molecule has 1 aromatic rings. The van der Waals surface area contributed by atoms with E-state index in [9.17, 15) is 13.2 Å². The van der Waals surface area contributed by atoms with Crippen molar-refractivity contribution in [2.24, 2.45) is 4.99 Å². The van der Waals surface area contributed by atoms with Crippen LogP contribution in [0, 0.1) is 0 Å². The Morgan fingerprint density at radius 3 is 2.39 bits per heavy atom. The predicted molar refractivity (Wildman–Crippen MR) is 107 cm³/mol. The van der Waals surface area contributed by atoms with E-state index in [1.807, 2.05) is 0 Å². The number of hydrogen-bond donors (Lipinski definition) is 2. The Labute approximate surface area is 166 Å².